The molecule has 4 nitrogen and oxygen atoms in total. The average molecular weight is 383 g/mol. The number of fused-ring (bicyclic) bond motifs is 1. The van der Waals surface area contributed by atoms with Crippen LogP contribution in [-0.2, 0) is 11.0 Å². The zero-order valence-electron chi connectivity index (χ0n) is 13.6. The molecule has 1 atom stereocenters. The number of thioether (sulfide) groups is 1. The predicted octanol–water partition coefficient (Wildman–Crippen LogP) is 3.75. The molecule has 0 fully saturated rings. The fourth-order valence-electron chi connectivity index (χ4n) is 2.35. The third kappa shape index (κ3) is 4.63. The van der Waals surface area contributed by atoms with E-state index < -0.39 is 17.8 Å². The zero-order chi connectivity index (χ0) is 18.6. The summed E-state index contributed by atoms with van der Waals surface area (Å²) in [4.78, 5) is 13.1. The van der Waals surface area contributed by atoms with E-state index in [0.717, 1.165) is 17.0 Å². The third-order valence-electron chi connectivity index (χ3n) is 3.65. The fraction of sp³-hybridized carbons (Fsp3) is 0.278. The van der Waals surface area contributed by atoms with Gasteiger partial charge in [-0.2, -0.15) is 13.2 Å². The molecule has 0 saturated carbocycles. The van der Waals surface area contributed by atoms with E-state index in [2.05, 4.69) is 5.32 Å². The third-order valence-corrected chi connectivity index (χ3v) is 4.77. The predicted molar refractivity (Wildman–Crippen MR) is 91.5 cm³/mol. The summed E-state index contributed by atoms with van der Waals surface area (Å²) < 4.78 is 48.5. The van der Waals surface area contributed by atoms with Crippen LogP contribution in [0.25, 0.3) is 0 Å². The highest BCUT2D eigenvalue weighted by Gasteiger charge is 2.30. The van der Waals surface area contributed by atoms with Gasteiger partial charge >= 0.3 is 6.18 Å². The van der Waals surface area contributed by atoms with Gasteiger partial charge in [0.05, 0.1) is 12.1 Å². The summed E-state index contributed by atoms with van der Waals surface area (Å²) in [7, 11) is 0. The van der Waals surface area contributed by atoms with Gasteiger partial charge in [-0.15, -0.1) is 11.8 Å². The molecule has 0 aromatic heterocycles. The number of rotatable bonds is 5. The van der Waals surface area contributed by atoms with Gasteiger partial charge in [0.1, 0.15) is 18.1 Å². The quantitative estimate of drug-likeness (QED) is 0.799. The van der Waals surface area contributed by atoms with E-state index in [1.165, 1.54) is 12.1 Å². The van der Waals surface area contributed by atoms with Gasteiger partial charge in [-0.1, -0.05) is 12.1 Å². The first kappa shape index (κ1) is 18.4. The Balaban J connectivity index is 1.42. The van der Waals surface area contributed by atoms with Crippen molar-refractivity contribution in [1.29, 1.82) is 0 Å². The van der Waals surface area contributed by atoms with E-state index in [0.29, 0.717) is 17.3 Å². The number of hydrogen-bond donors (Lipinski definition) is 1. The molecule has 2 aromatic rings. The largest absolute Gasteiger partial charge is 0.492 e. The lowest BCUT2D eigenvalue weighted by Crippen LogP contribution is -2.42. The monoisotopic (exact) mass is 383 g/mol. The van der Waals surface area contributed by atoms with Crippen LogP contribution in [0.2, 0.25) is 0 Å². The number of alkyl halides is 3. The minimum Gasteiger partial charge on any atom is -0.492 e. The highest BCUT2D eigenvalue weighted by molar-refractivity contribution is 7.99. The summed E-state index contributed by atoms with van der Waals surface area (Å²) in [5.41, 5.74) is -0.731. The van der Waals surface area contributed by atoms with Gasteiger partial charge in [0.25, 0.3) is 5.91 Å². The fourth-order valence-corrected chi connectivity index (χ4v) is 3.33. The topological polar surface area (TPSA) is 47.6 Å². The number of ether oxygens (including phenoxy) is 2. The molecule has 1 aliphatic rings. The number of benzene rings is 2. The summed E-state index contributed by atoms with van der Waals surface area (Å²) >= 11 is 1.56. The van der Waals surface area contributed by atoms with Crippen LogP contribution in [0.5, 0.6) is 11.5 Å². The van der Waals surface area contributed by atoms with Gasteiger partial charge in [0.15, 0.2) is 6.10 Å². The van der Waals surface area contributed by atoms with Crippen molar-refractivity contribution in [2.45, 2.75) is 17.2 Å². The molecule has 1 unspecified atom stereocenters. The van der Waals surface area contributed by atoms with E-state index in [1.54, 1.807) is 11.8 Å². The summed E-state index contributed by atoms with van der Waals surface area (Å²) in [5, 5.41) is 2.71. The SMILES string of the molecule is O=C(NCCOc1ccc(C(F)(F)F)cc1)C1CSc2ccccc2O1. The van der Waals surface area contributed by atoms with Gasteiger partial charge in [0.2, 0.25) is 0 Å². The zero-order valence-corrected chi connectivity index (χ0v) is 14.4. The standard InChI is InChI=1S/C18H16F3NO3S/c19-18(20,21)12-5-7-13(8-6-12)24-10-9-22-17(23)15-11-26-16-4-2-1-3-14(16)25-15/h1-8,15H,9-11H2,(H,22,23). The van der Waals surface area contributed by atoms with Crippen molar-refractivity contribution in [3.8, 4) is 11.5 Å². The van der Waals surface area contributed by atoms with Crippen LogP contribution in [0.3, 0.4) is 0 Å². The second-order valence-corrected chi connectivity index (χ2v) is 6.59. The Hall–Kier alpha value is -2.35. The molecule has 3 rings (SSSR count). The van der Waals surface area contributed by atoms with Gasteiger partial charge in [-0.25, -0.2) is 0 Å². The van der Waals surface area contributed by atoms with E-state index in [9.17, 15) is 18.0 Å². The first-order chi connectivity index (χ1) is 12.4. The van der Waals surface area contributed by atoms with Crippen LogP contribution >= 0.6 is 11.8 Å². The van der Waals surface area contributed by atoms with Gasteiger partial charge < -0.3 is 14.8 Å². The molecular formula is C18H16F3NO3S. The molecule has 2 aromatic carbocycles. The van der Waals surface area contributed by atoms with Crippen LogP contribution in [0.15, 0.2) is 53.4 Å². The molecule has 138 valence electrons. The van der Waals surface area contributed by atoms with E-state index in [4.69, 9.17) is 9.47 Å². The van der Waals surface area contributed by atoms with Crippen LogP contribution in [0, 0.1) is 0 Å². The lowest BCUT2D eigenvalue weighted by Gasteiger charge is -2.24. The molecule has 0 saturated heterocycles. The maximum atomic E-state index is 12.5. The first-order valence-corrected chi connectivity index (χ1v) is 8.88. The Morgan fingerprint density at radius 1 is 1.19 bits per heavy atom. The lowest BCUT2D eigenvalue weighted by molar-refractivity contribution is -0.137. The molecule has 0 bridgehead atoms. The molecular weight excluding hydrogens is 367 g/mol. The Kier molecular flexibility index (Phi) is 5.61. The Morgan fingerprint density at radius 3 is 2.65 bits per heavy atom. The number of carbonyl (C=O) groups is 1. The Bertz CT molecular complexity index is 765. The van der Waals surface area contributed by atoms with E-state index in [-0.39, 0.29) is 19.1 Å². The molecule has 1 heterocycles. The molecule has 1 N–H and O–H groups in total. The maximum absolute atomic E-state index is 12.5. The Morgan fingerprint density at radius 2 is 1.92 bits per heavy atom. The van der Waals surface area contributed by atoms with Crippen molar-refractivity contribution < 1.29 is 27.4 Å². The summed E-state index contributed by atoms with van der Waals surface area (Å²) in [5.74, 6) is 1.27. The number of amides is 1. The van der Waals surface area contributed by atoms with Gasteiger partial charge in [-0.3, -0.25) is 4.79 Å². The number of para-hydroxylation sites is 1. The summed E-state index contributed by atoms with van der Waals surface area (Å²) in [6, 6.07) is 11.9. The minimum absolute atomic E-state index is 0.146. The smallest absolute Gasteiger partial charge is 0.416 e. The molecule has 0 spiro atoms. The Labute approximate surface area is 152 Å². The number of halogens is 3. The molecule has 1 aliphatic heterocycles. The average Bonchev–Trinajstić information content (AvgIpc) is 2.64. The van der Waals surface area contributed by atoms with Gasteiger partial charge in [0, 0.05) is 10.6 Å². The van der Waals surface area contributed by atoms with Crippen molar-refractivity contribution in [2.24, 2.45) is 0 Å². The molecule has 1 amide bonds. The van der Waals surface area contributed by atoms with Crippen LogP contribution < -0.4 is 14.8 Å². The highest BCUT2D eigenvalue weighted by Crippen LogP contribution is 2.35. The molecule has 0 radical (unpaired) electrons. The van der Waals surface area contributed by atoms with Crippen LogP contribution in [-0.4, -0.2) is 30.9 Å². The molecule has 0 aliphatic carbocycles. The second-order valence-electron chi connectivity index (χ2n) is 5.53. The van der Waals surface area contributed by atoms with Gasteiger partial charge in [-0.05, 0) is 36.4 Å². The van der Waals surface area contributed by atoms with Crippen molar-refractivity contribution in [3.63, 3.8) is 0 Å². The summed E-state index contributed by atoms with van der Waals surface area (Å²) in [6.45, 7) is 0.375. The number of nitrogens with one attached hydrogen (secondary N) is 1. The summed E-state index contributed by atoms with van der Waals surface area (Å²) in [6.07, 6.45) is -4.95. The number of carbonyl (C=O) groups excluding carboxylic acids is 1. The first-order valence-electron chi connectivity index (χ1n) is 7.90. The van der Waals surface area contributed by atoms with E-state index >= 15 is 0 Å². The lowest BCUT2D eigenvalue weighted by atomic mass is 10.2. The maximum Gasteiger partial charge on any atom is 0.416 e. The second kappa shape index (κ2) is 7.90. The van der Waals surface area contributed by atoms with Crippen molar-refractivity contribution in [2.75, 3.05) is 18.9 Å². The van der Waals surface area contributed by atoms with Crippen molar-refractivity contribution in [1.82, 2.24) is 5.32 Å². The van der Waals surface area contributed by atoms with Crippen LogP contribution in [0.4, 0.5) is 13.2 Å². The van der Waals surface area contributed by atoms with E-state index in [1.807, 2.05) is 24.3 Å². The van der Waals surface area contributed by atoms with Crippen molar-refractivity contribution in [3.05, 3.63) is 54.1 Å². The molecule has 26 heavy (non-hydrogen) atoms. The van der Waals surface area contributed by atoms with Crippen LogP contribution in [0.1, 0.15) is 5.56 Å². The minimum atomic E-state index is -4.37. The highest BCUT2D eigenvalue weighted by atomic mass is 32.2. The number of hydrogen-bond acceptors (Lipinski definition) is 4. The molecule has 8 heteroatoms. The van der Waals surface area contributed by atoms with Crippen molar-refractivity contribution >= 4 is 17.7 Å². The normalized spacial score (nSPS) is 16.3.